The molecule has 0 amide bonds. The third kappa shape index (κ3) is 5.82. The molecule has 0 saturated heterocycles. The maximum atomic E-state index is 12.5. The molecule has 0 spiro atoms. The first kappa shape index (κ1) is 22.9. The van der Waals surface area contributed by atoms with Gasteiger partial charge < -0.3 is 18.8 Å². The van der Waals surface area contributed by atoms with E-state index < -0.39 is 19.9 Å². The van der Waals surface area contributed by atoms with Gasteiger partial charge in [0.05, 0.1) is 5.92 Å². The van der Waals surface area contributed by atoms with Crippen LogP contribution in [0.4, 0.5) is 0 Å². The average Bonchev–Trinajstić information content (AvgIpc) is 2.73. The number of esters is 2. The third-order valence-electron chi connectivity index (χ3n) is 5.24. The van der Waals surface area contributed by atoms with Crippen LogP contribution in [0.15, 0.2) is 18.2 Å². The zero-order chi connectivity index (χ0) is 21.4. The van der Waals surface area contributed by atoms with E-state index in [0.717, 1.165) is 5.56 Å². The Kier molecular flexibility index (Phi) is 8.70. The van der Waals surface area contributed by atoms with E-state index in [1.807, 2.05) is 26.8 Å². The zero-order valence-corrected chi connectivity index (χ0v) is 17.6. The number of para-hydroxylation sites is 1. The molecule has 158 valence electrons. The molecule has 1 unspecified atom stereocenters. The van der Waals surface area contributed by atoms with E-state index in [1.54, 1.807) is 12.1 Å². The molecular weight excluding hydrogens is 375 g/mol. The Morgan fingerprint density at radius 3 is 2.52 bits per heavy atom. The highest BCUT2D eigenvalue weighted by molar-refractivity contribution is 6.48. The summed E-state index contributed by atoms with van der Waals surface area (Å²) in [7, 11) is 0.886. The van der Waals surface area contributed by atoms with Gasteiger partial charge in [0, 0.05) is 25.8 Å². The van der Waals surface area contributed by atoms with Crippen molar-refractivity contribution in [3.05, 3.63) is 29.3 Å². The molecular formula is C21H29BO7. The van der Waals surface area contributed by atoms with Crippen LogP contribution < -0.4 is 4.65 Å². The Labute approximate surface area is 172 Å². The fourth-order valence-corrected chi connectivity index (χ4v) is 3.44. The molecule has 0 fully saturated rings. The highest BCUT2D eigenvalue weighted by Gasteiger charge is 2.39. The molecule has 0 bridgehead atoms. The van der Waals surface area contributed by atoms with Crippen molar-refractivity contribution in [3.63, 3.8) is 0 Å². The van der Waals surface area contributed by atoms with Crippen LogP contribution in [0.3, 0.4) is 0 Å². The minimum atomic E-state index is -0.642. The number of carbonyl (C=O) groups is 3. The highest BCUT2D eigenvalue weighted by atomic mass is 16.7. The van der Waals surface area contributed by atoms with E-state index in [-0.39, 0.29) is 29.1 Å². The molecule has 8 heteroatoms. The van der Waals surface area contributed by atoms with Crippen molar-refractivity contribution >= 4 is 24.8 Å². The van der Waals surface area contributed by atoms with Crippen LogP contribution in [-0.4, -0.2) is 38.7 Å². The van der Waals surface area contributed by atoms with Crippen molar-refractivity contribution in [3.8, 4) is 5.75 Å². The van der Waals surface area contributed by atoms with Crippen molar-refractivity contribution in [1.82, 2.24) is 0 Å². The number of hydrogen-bond acceptors (Lipinski definition) is 7. The summed E-state index contributed by atoms with van der Waals surface area (Å²) < 4.78 is 21.5. The number of carbonyl (C=O) groups excluding carboxylic acids is 3. The van der Waals surface area contributed by atoms with E-state index in [9.17, 15) is 14.4 Å². The van der Waals surface area contributed by atoms with Gasteiger partial charge in [0.25, 0.3) is 0 Å². The summed E-state index contributed by atoms with van der Waals surface area (Å²) in [5, 5.41) is 0. The first-order chi connectivity index (χ1) is 13.9. The summed E-state index contributed by atoms with van der Waals surface area (Å²) >= 11 is 0. The van der Waals surface area contributed by atoms with Gasteiger partial charge >= 0.3 is 19.1 Å². The van der Waals surface area contributed by atoms with Crippen LogP contribution in [0.2, 0.25) is 5.82 Å². The Morgan fingerprint density at radius 1 is 1.17 bits per heavy atom. The Morgan fingerprint density at radius 2 is 1.90 bits per heavy atom. The first-order valence-corrected chi connectivity index (χ1v) is 10.1. The van der Waals surface area contributed by atoms with Gasteiger partial charge in [0.1, 0.15) is 17.1 Å². The number of ether oxygens (including phenoxy) is 2. The third-order valence-corrected chi connectivity index (χ3v) is 5.24. The number of hydrogen-bond donors (Lipinski definition) is 0. The van der Waals surface area contributed by atoms with E-state index in [1.165, 1.54) is 7.11 Å². The van der Waals surface area contributed by atoms with Gasteiger partial charge in [-0.3, -0.25) is 9.59 Å². The summed E-state index contributed by atoms with van der Waals surface area (Å²) in [6, 6.07) is 5.18. The summed E-state index contributed by atoms with van der Waals surface area (Å²) in [4.78, 5) is 36.3. The molecule has 0 saturated carbocycles. The molecule has 1 aliphatic heterocycles. The molecule has 1 atom stereocenters. The number of fused-ring (bicyclic) bond motifs is 1. The van der Waals surface area contributed by atoms with Crippen molar-refractivity contribution in [2.75, 3.05) is 13.9 Å². The fraction of sp³-hybridized carbons (Fsp3) is 0.571. The Balaban J connectivity index is 2.07. The Hall–Kier alpha value is -2.35. The molecule has 29 heavy (non-hydrogen) atoms. The number of rotatable bonds is 10. The smallest absolute Gasteiger partial charge is 0.529 e. The lowest BCUT2D eigenvalue weighted by Gasteiger charge is -2.30. The maximum Gasteiger partial charge on any atom is 0.529 e. The second-order valence-corrected chi connectivity index (χ2v) is 7.10. The van der Waals surface area contributed by atoms with Crippen LogP contribution >= 0.6 is 0 Å². The molecule has 0 radical (unpaired) electrons. The second kappa shape index (κ2) is 11.0. The molecule has 7 nitrogen and oxygen atoms in total. The molecule has 1 heterocycles. The fourth-order valence-electron chi connectivity index (χ4n) is 3.44. The van der Waals surface area contributed by atoms with E-state index >= 15 is 0 Å². The van der Waals surface area contributed by atoms with Crippen LogP contribution in [-0.2, 0) is 30.1 Å². The highest BCUT2D eigenvalue weighted by Crippen LogP contribution is 2.37. The van der Waals surface area contributed by atoms with Gasteiger partial charge in [-0.1, -0.05) is 32.9 Å². The lowest BCUT2D eigenvalue weighted by atomic mass is 9.64. The number of Topliss-reactive ketones (excluding diaryl/α,β-unsaturated/α-hetero) is 1. The average molecular weight is 404 g/mol. The maximum absolute atomic E-state index is 12.5. The van der Waals surface area contributed by atoms with Crippen molar-refractivity contribution in [2.24, 2.45) is 5.92 Å². The Bertz CT molecular complexity index is 730. The predicted molar refractivity (Wildman–Crippen MR) is 108 cm³/mol. The zero-order valence-electron chi connectivity index (χ0n) is 17.6. The molecule has 2 rings (SSSR count). The summed E-state index contributed by atoms with van der Waals surface area (Å²) in [5.74, 6) is -0.817. The van der Waals surface area contributed by atoms with Crippen molar-refractivity contribution in [1.29, 1.82) is 0 Å². The van der Waals surface area contributed by atoms with E-state index in [2.05, 4.69) is 0 Å². The molecule has 0 N–H and O–H groups in total. The summed E-state index contributed by atoms with van der Waals surface area (Å²) in [6.07, 6.45) is 2.72. The second-order valence-electron chi connectivity index (χ2n) is 7.10. The molecule has 1 aromatic carbocycles. The van der Waals surface area contributed by atoms with Gasteiger partial charge in [0.2, 0.25) is 6.79 Å². The van der Waals surface area contributed by atoms with Crippen LogP contribution in [0, 0.1) is 5.92 Å². The first-order valence-electron chi connectivity index (χ1n) is 10.1. The number of benzene rings is 1. The van der Waals surface area contributed by atoms with Crippen molar-refractivity contribution < 1.29 is 33.2 Å². The summed E-state index contributed by atoms with van der Waals surface area (Å²) in [6.45, 7) is 5.19. The van der Waals surface area contributed by atoms with Crippen LogP contribution in [0.5, 0.6) is 5.75 Å². The standard InChI is InChI=1S/C21H29BO7/c1-5-14(6-2)20(24)27-13-28-21(25)18-10-8-9-15-11-16(12-17(23)7-3)22(26-4)29-19(15)18/h8-10,14,16H,5-7,11-13H2,1-4H3. The van der Waals surface area contributed by atoms with Crippen molar-refractivity contribution in [2.45, 2.75) is 58.7 Å². The van der Waals surface area contributed by atoms with Crippen LogP contribution in [0.1, 0.15) is 62.4 Å². The molecule has 1 aromatic rings. The minimum absolute atomic E-state index is 0.118. The molecule has 1 aliphatic rings. The minimum Gasteiger partial charge on any atom is -0.535 e. The van der Waals surface area contributed by atoms with E-state index in [4.69, 9.17) is 18.8 Å². The van der Waals surface area contributed by atoms with Crippen LogP contribution in [0.25, 0.3) is 0 Å². The van der Waals surface area contributed by atoms with Gasteiger partial charge in [0.15, 0.2) is 0 Å². The molecule has 0 aromatic heterocycles. The quantitative estimate of drug-likeness (QED) is 0.335. The number of ketones is 1. The normalized spacial score (nSPS) is 15.5. The lowest BCUT2D eigenvalue weighted by molar-refractivity contribution is -0.157. The lowest BCUT2D eigenvalue weighted by Crippen LogP contribution is -2.37. The SMILES string of the molecule is CCC(=O)CC1Cc2cccc(C(=O)OCOC(=O)C(CC)CC)c2OB1OC. The van der Waals surface area contributed by atoms with E-state index in [0.29, 0.717) is 37.9 Å². The van der Waals surface area contributed by atoms with Gasteiger partial charge in [-0.15, -0.1) is 0 Å². The summed E-state index contributed by atoms with van der Waals surface area (Å²) in [5.41, 5.74) is 1.05. The monoisotopic (exact) mass is 404 g/mol. The van der Waals surface area contributed by atoms with Gasteiger partial charge in [-0.2, -0.15) is 0 Å². The van der Waals surface area contributed by atoms with Gasteiger partial charge in [-0.25, -0.2) is 4.79 Å². The largest absolute Gasteiger partial charge is 0.535 e. The molecule has 0 aliphatic carbocycles. The predicted octanol–water partition coefficient (Wildman–Crippen LogP) is 3.59. The van der Waals surface area contributed by atoms with Gasteiger partial charge in [-0.05, 0) is 30.9 Å². The topological polar surface area (TPSA) is 88.1 Å².